The Labute approximate surface area is 184 Å². The Kier molecular flexibility index (Phi) is 4.61. The van der Waals surface area contributed by atoms with Crippen molar-refractivity contribution in [2.45, 2.75) is 40.7 Å². The van der Waals surface area contributed by atoms with Crippen LogP contribution >= 0.6 is 0 Å². The zero-order valence-electron chi connectivity index (χ0n) is 18.9. The van der Waals surface area contributed by atoms with E-state index in [-0.39, 0.29) is 6.04 Å². The molecule has 0 saturated heterocycles. The summed E-state index contributed by atoms with van der Waals surface area (Å²) < 4.78 is 13.1. The van der Waals surface area contributed by atoms with E-state index < -0.39 is 0 Å². The molecule has 32 heavy (non-hydrogen) atoms. The summed E-state index contributed by atoms with van der Waals surface area (Å²) in [7, 11) is 1.67. The maximum Gasteiger partial charge on any atom is 0.145 e. The van der Waals surface area contributed by atoms with Gasteiger partial charge in [-0.05, 0) is 46.8 Å². The van der Waals surface area contributed by atoms with Crippen LogP contribution in [0.1, 0.15) is 37.2 Å². The third-order valence-corrected chi connectivity index (χ3v) is 5.59. The predicted molar refractivity (Wildman–Crippen MR) is 124 cm³/mol. The average molecular weight is 432 g/mol. The van der Waals surface area contributed by atoms with Gasteiger partial charge in [0.2, 0.25) is 0 Å². The molecule has 0 amide bonds. The molecule has 0 saturated carbocycles. The molecule has 4 heterocycles. The highest BCUT2D eigenvalue weighted by molar-refractivity contribution is 6.13. The average Bonchev–Trinajstić information content (AvgIpc) is 3.43. The minimum absolute atomic E-state index is 0.214. The second-order valence-electron chi connectivity index (χ2n) is 8.15. The quantitative estimate of drug-likeness (QED) is 0.393. The SMILES string of the molecule is COc1cc2c(cc1-c1c(C)noc1C)[nH]c1nc(C)nc(Nc3ccnn3C(C)C)c12. The van der Waals surface area contributed by atoms with Crippen LogP contribution in [-0.2, 0) is 0 Å². The fourth-order valence-electron chi connectivity index (χ4n) is 4.20. The number of anilines is 2. The molecule has 0 spiro atoms. The Bertz CT molecular complexity index is 1440. The highest BCUT2D eigenvalue weighted by Gasteiger charge is 2.21. The number of rotatable bonds is 5. The van der Waals surface area contributed by atoms with Gasteiger partial charge >= 0.3 is 0 Å². The summed E-state index contributed by atoms with van der Waals surface area (Å²) in [6.07, 6.45) is 1.78. The third kappa shape index (κ3) is 3.08. The Balaban J connectivity index is 1.75. The predicted octanol–water partition coefficient (Wildman–Crippen LogP) is 5.22. The lowest BCUT2D eigenvalue weighted by molar-refractivity contribution is 0.393. The molecule has 9 heteroatoms. The molecule has 1 aromatic carbocycles. The molecule has 0 unspecified atom stereocenters. The van der Waals surface area contributed by atoms with E-state index in [0.717, 1.165) is 56.1 Å². The Hall–Kier alpha value is -3.88. The van der Waals surface area contributed by atoms with E-state index in [1.54, 1.807) is 13.3 Å². The number of hydrogen-bond acceptors (Lipinski definition) is 7. The topological polar surface area (TPSA) is 107 Å². The van der Waals surface area contributed by atoms with Gasteiger partial charge in [-0.15, -0.1) is 0 Å². The molecule has 0 bridgehead atoms. The molecule has 0 radical (unpaired) electrons. The second-order valence-corrected chi connectivity index (χ2v) is 8.15. The number of fused-ring (bicyclic) bond motifs is 3. The number of ether oxygens (including phenoxy) is 1. The number of H-pyrrole nitrogens is 1. The van der Waals surface area contributed by atoms with Gasteiger partial charge in [0.1, 0.15) is 34.6 Å². The number of methoxy groups -OCH3 is 1. The summed E-state index contributed by atoms with van der Waals surface area (Å²) in [5, 5.41) is 13.8. The van der Waals surface area contributed by atoms with Crippen LogP contribution in [0, 0.1) is 20.8 Å². The van der Waals surface area contributed by atoms with Gasteiger partial charge in [-0.25, -0.2) is 14.6 Å². The molecule has 9 nitrogen and oxygen atoms in total. The molecule has 0 aliphatic carbocycles. The van der Waals surface area contributed by atoms with Gasteiger partial charge in [-0.1, -0.05) is 5.16 Å². The van der Waals surface area contributed by atoms with Crippen LogP contribution in [0.5, 0.6) is 5.75 Å². The fraction of sp³-hybridized carbons (Fsp3) is 0.304. The van der Waals surface area contributed by atoms with Crippen molar-refractivity contribution in [3.05, 3.63) is 41.7 Å². The van der Waals surface area contributed by atoms with Gasteiger partial charge in [-0.3, -0.25) is 0 Å². The zero-order valence-corrected chi connectivity index (χ0v) is 18.9. The Morgan fingerprint density at radius 1 is 1.16 bits per heavy atom. The molecule has 2 N–H and O–H groups in total. The van der Waals surface area contributed by atoms with Crippen molar-refractivity contribution in [2.24, 2.45) is 0 Å². The van der Waals surface area contributed by atoms with Crippen LogP contribution in [0.4, 0.5) is 11.6 Å². The molecule has 4 aromatic heterocycles. The first-order chi connectivity index (χ1) is 15.4. The number of hydrogen-bond donors (Lipinski definition) is 2. The lowest BCUT2D eigenvalue weighted by atomic mass is 10.0. The molecule has 164 valence electrons. The summed E-state index contributed by atoms with van der Waals surface area (Å²) in [5.74, 6) is 3.73. The van der Waals surface area contributed by atoms with E-state index in [4.69, 9.17) is 14.2 Å². The van der Waals surface area contributed by atoms with Crippen LogP contribution in [0.3, 0.4) is 0 Å². The molecule has 0 atom stereocenters. The second kappa shape index (κ2) is 7.37. The molecular weight excluding hydrogens is 406 g/mol. The molecule has 0 fully saturated rings. The van der Waals surface area contributed by atoms with Gasteiger partial charge in [0.25, 0.3) is 0 Å². The van der Waals surface area contributed by atoms with Crippen LogP contribution in [0.2, 0.25) is 0 Å². The van der Waals surface area contributed by atoms with Crippen molar-refractivity contribution in [3.8, 4) is 16.9 Å². The summed E-state index contributed by atoms with van der Waals surface area (Å²) in [6, 6.07) is 6.22. The highest BCUT2D eigenvalue weighted by Crippen LogP contribution is 2.41. The highest BCUT2D eigenvalue weighted by atomic mass is 16.5. The lowest BCUT2D eigenvalue weighted by Crippen LogP contribution is -2.08. The fourth-order valence-corrected chi connectivity index (χ4v) is 4.20. The van der Waals surface area contributed by atoms with E-state index in [2.05, 4.69) is 45.5 Å². The van der Waals surface area contributed by atoms with Gasteiger partial charge < -0.3 is 19.6 Å². The number of aryl methyl sites for hydroxylation is 3. The maximum absolute atomic E-state index is 5.77. The summed E-state index contributed by atoms with van der Waals surface area (Å²) in [4.78, 5) is 12.8. The normalized spacial score (nSPS) is 11.7. The molecule has 0 aliphatic heterocycles. The van der Waals surface area contributed by atoms with Crippen molar-refractivity contribution in [1.29, 1.82) is 0 Å². The van der Waals surface area contributed by atoms with Crippen LogP contribution in [0.25, 0.3) is 33.1 Å². The Morgan fingerprint density at radius 3 is 2.66 bits per heavy atom. The number of aromatic amines is 1. The molecule has 5 aromatic rings. The van der Waals surface area contributed by atoms with E-state index in [9.17, 15) is 0 Å². The first kappa shape index (κ1) is 20.0. The summed E-state index contributed by atoms with van der Waals surface area (Å²) in [5.41, 5.74) is 4.35. The van der Waals surface area contributed by atoms with E-state index >= 15 is 0 Å². The van der Waals surface area contributed by atoms with Crippen LogP contribution in [0.15, 0.2) is 28.9 Å². The largest absolute Gasteiger partial charge is 0.496 e. The molecule has 0 aliphatic rings. The van der Waals surface area contributed by atoms with Crippen LogP contribution < -0.4 is 10.1 Å². The van der Waals surface area contributed by atoms with Crippen molar-refractivity contribution in [3.63, 3.8) is 0 Å². The van der Waals surface area contributed by atoms with E-state index in [0.29, 0.717) is 11.6 Å². The van der Waals surface area contributed by atoms with Crippen molar-refractivity contribution >= 4 is 33.6 Å². The standard InChI is InChI=1S/C23H25N7O2/c1-11(2)30-19(7-8-24-30)28-23-21-15-10-18(31-6)16(20-12(3)29-32-13(20)4)9-17(15)27-22(21)25-14(5)26-23/h7-11H,1-6H3,(H2,25,26,27,28). The van der Waals surface area contributed by atoms with Crippen molar-refractivity contribution in [2.75, 3.05) is 12.4 Å². The van der Waals surface area contributed by atoms with Gasteiger partial charge in [0.05, 0.1) is 30.0 Å². The minimum Gasteiger partial charge on any atom is -0.496 e. The minimum atomic E-state index is 0.214. The van der Waals surface area contributed by atoms with E-state index in [1.165, 1.54) is 0 Å². The van der Waals surface area contributed by atoms with Gasteiger partial charge in [0, 0.05) is 28.6 Å². The number of nitrogens with zero attached hydrogens (tertiary/aromatic N) is 5. The Morgan fingerprint density at radius 2 is 1.97 bits per heavy atom. The molecule has 5 rings (SSSR count). The molecular formula is C23H25N7O2. The van der Waals surface area contributed by atoms with Gasteiger partial charge in [0.15, 0.2) is 0 Å². The summed E-state index contributed by atoms with van der Waals surface area (Å²) in [6.45, 7) is 9.89. The van der Waals surface area contributed by atoms with Crippen LogP contribution in [-0.4, -0.2) is 37.0 Å². The lowest BCUT2D eigenvalue weighted by Gasteiger charge is -2.13. The van der Waals surface area contributed by atoms with Crippen molar-refractivity contribution in [1.82, 2.24) is 29.9 Å². The maximum atomic E-state index is 5.77. The van der Waals surface area contributed by atoms with Crippen molar-refractivity contribution < 1.29 is 9.26 Å². The first-order valence-corrected chi connectivity index (χ1v) is 10.5. The van der Waals surface area contributed by atoms with Gasteiger partial charge in [-0.2, -0.15) is 5.10 Å². The zero-order chi connectivity index (χ0) is 22.6. The number of aromatic nitrogens is 6. The number of nitrogens with one attached hydrogen (secondary N) is 2. The van der Waals surface area contributed by atoms with E-state index in [1.807, 2.05) is 37.6 Å². The first-order valence-electron chi connectivity index (χ1n) is 10.5. The monoisotopic (exact) mass is 431 g/mol. The smallest absolute Gasteiger partial charge is 0.145 e. The third-order valence-electron chi connectivity index (χ3n) is 5.59. The summed E-state index contributed by atoms with van der Waals surface area (Å²) >= 11 is 0. The number of benzene rings is 1.